The Morgan fingerprint density at radius 1 is 0.722 bits per heavy atom. The summed E-state index contributed by atoms with van der Waals surface area (Å²) in [5.74, 6) is -1.91. The normalized spacial score (nSPS) is 28.9. The van der Waals surface area contributed by atoms with Crippen molar-refractivity contribution in [2.24, 2.45) is 22.7 Å². The topological polar surface area (TPSA) is 54.5 Å². The van der Waals surface area contributed by atoms with Gasteiger partial charge in [0.1, 0.15) is 0 Å². The maximum Gasteiger partial charge on any atom is 0.239 e. The van der Waals surface area contributed by atoms with Crippen LogP contribution in [0.3, 0.4) is 0 Å². The van der Waals surface area contributed by atoms with Crippen LogP contribution in [0.4, 0.5) is 5.69 Å². The van der Waals surface area contributed by atoms with Gasteiger partial charge in [0.2, 0.25) is 11.8 Å². The summed E-state index contributed by atoms with van der Waals surface area (Å²) in [4.78, 5) is 44.3. The fourth-order valence-electron chi connectivity index (χ4n) is 7.31. The number of imide groups is 1. The van der Waals surface area contributed by atoms with E-state index < -0.39 is 22.7 Å². The van der Waals surface area contributed by atoms with E-state index in [0.717, 1.165) is 34.3 Å². The van der Waals surface area contributed by atoms with Crippen LogP contribution < -0.4 is 4.90 Å². The second-order valence-electron chi connectivity index (χ2n) is 10.5. The quantitative estimate of drug-likeness (QED) is 0.419. The van der Waals surface area contributed by atoms with Crippen LogP contribution in [0.15, 0.2) is 84.9 Å². The lowest BCUT2D eigenvalue weighted by atomic mass is 9.61. The van der Waals surface area contributed by atoms with Gasteiger partial charge in [-0.1, -0.05) is 91.7 Å². The van der Waals surface area contributed by atoms with Crippen molar-refractivity contribution >= 4 is 34.4 Å². The van der Waals surface area contributed by atoms with E-state index in [1.807, 2.05) is 98.8 Å². The lowest BCUT2D eigenvalue weighted by Gasteiger charge is -2.37. The van der Waals surface area contributed by atoms with E-state index in [2.05, 4.69) is 6.92 Å². The molecule has 0 spiro atoms. The highest BCUT2D eigenvalue weighted by atomic mass is 16.2. The lowest BCUT2D eigenvalue weighted by molar-refractivity contribution is -0.134. The van der Waals surface area contributed by atoms with E-state index in [4.69, 9.17) is 0 Å². The van der Waals surface area contributed by atoms with Gasteiger partial charge >= 0.3 is 0 Å². The molecular formula is C32H29NO3. The van der Waals surface area contributed by atoms with Crippen LogP contribution >= 0.6 is 0 Å². The van der Waals surface area contributed by atoms with E-state index >= 15 is 0 Å². The maximum absolute atomic E-state index is 14.6. The Balaban J connectivity index is 1.65. The average Bonchev–Trinajstić information content (AvgIpc) is 3.36. The van der Waals surface area contributed by atoms with E-state index in [1.165, 1.54) is 4.90 Å². The molecule has 4 atom stereocenters. The van der Waals surface area contributed by atoms with Crippen LogP contribution in [0.1, 0.15) is 43.4 Å². The second-order valence-corrected chi connectivity index (χ2v) is 10.5. The number of benzene rings is 3. The van der Waals surface area contributed by atoms with E-state index in [0.29, 0.717) is 12.1 Å². The Bertz CT molecular complexity index is 1420. The van der Waals surface area contributed by atoms with Gasteiger partial charge in [0.25, 0.3) is 0 Å². The second kappa shape index (κ2) is 7.86. The SMILES string of the molecule is CCC[C@@]12C(=O)[C@@](C)(C(c3ccccc3)=C1c1ccccc1)[C@H]1C(=O)N(c3ccc(C)cc3)C(=O)[C@H]12. The molecule has 0 N–H and O–H groups in total. The number of aryl methyl sites for hydroxylation is 1. The summed E-state index contributed by atoms with van der Waals surface area (Å²) in [5.41, 5.74) is 3.24. The first-order chi connectivity index (χ1) is 17.4. The number of nitrogens with zero attached hydrogens (tertiary/aromatic N) is 1. The van der Waals surface area contributed by atoms with Crippen molar-refractivity contribution in [2.75, 3.05) is 4.90 Å². The van der Waals surface area contributed by atoms with Crippen LogP contribution in [0.5, 0.6) is 0 Å². The summed E-state index contributed by atoms with van der Waals surface area (Å²) in [5, 5.41) is 0. The molecule has 1 saturated carbocycles. The zero-order valence-corrected chi connectivity index (χ0v) is 20.8. The monoisotopic (exact) mass is 475 g/mol. The maximum atomic E-state index is 14.6. The first-order valence-corrected chi connectivity index (χ1v) is 12.7. The molecule has 0 radical (unpaired) electrons. The zero-order valence-electron chi connectivity index (χ0n) is 20.8. The number of anilines is 1. The zero-order chi connectivity index (χ0) is 25.2. The number of carbonyl (C=O) groups is 3. The number of hydrogen-bond donors (Lipinski definition) is 0. The molecule has 1 aliphatic heterocycles. The molecule has 3 aliphatic rings. The molecule has 36 heavy (non-hydrogen) atoms. The van der Waals surface area contributed by atoms with Crippen molar-refractivity contribution in [1.82, 2.24) is 0 Å². The summed E-state index contributed by atoms with van der Waals surface area (Å²) in [6.07, 6.45) is 1.26. The minimum atomic E-state index is -1.08. The van der Waals surface area contributed by atoms with Gasteiger partial charge in [-0.05, 0) is 54.7 Å². The summed E-state index contributed by atoms with van der Waals surface area (Å²) in [6.45, 7) is 5.94. The van der Waals surface area contributed by atoms with Crippen molar-refractivity contribution in [3.05, 3.63) is 102 Å². The number of rotatable bonds is 5. The Morgan fingerprint density at radius 3 is 1.81 bits per heavy atom. The van der Waals surface area contributed by atoms with Gasteiger partial charge in [0.15, 0.2) is 5.78 Å². The Labute approximate surface area is 211 Å². The predicted octanol–water partition coefficient (Wildman–Crippen LogP) is 6.10. The average molecular weight is 476 g/mol. The standard InChI is InChI=1S/C32H29NO3/c1-4-19-32-25(22-13-9-6-10-14-22)24(21-11-7-5-8-12-21)31(3,30(32)36)26-27(32)29(35)33(28(26)34)23-17-15-20(2)16-18-23/h5-18,26-27H,4,19H2,1-3H3/t26-,27+,31+,32-/m1/s1. The lowest BCUT2D eigenvalue weighted by Crippen LogP contribution is -2.41. The molecule has 180 valence electrons. The third-order valence-electron chi connectivity index (χ3n) is 8.61. The number of ketones is 1. The van der Waals surface area contributed by atoms with Gasteiger partial charge in [-0.15, -0.1) is 0 Å². The van der Waals surface area contributed by atoms with Crippen molar-refractivity contribution in [3.63, 3.8) is 0 Å². The molecule has 3 aromatic rings. The molecule has 2 amide bonds. The fraction of sp³-hybridized carbons (Fsp3) is 0.281. The van der Waals surface area contributed by atoms with E-state index in [-0.39, 0.29) is 17.6 Å². The Kier molecular flexibility index (Phi) is 4.95. The largest absolute Gasteiger partial charge is 0.298 e. The first kappa shape index (κ1) is 22.7. The molecule has 4 nitrogen and oxygen atoms in total. The highest BCUT2D eigenvalue weighted by Gasteiger charge is 2.79. The molecule has 1 saturated heterocycles. The fourth-order valence-corrected chi connectivity index (χ4v) is 7.31. The molecule has 6 rings (SSSR count). The molecular weight excluding hydrogens is 446 g/mol. The summed E-state index contributed by atoms with van der Waals surface area (Å²) in [6, 6.07) is 27.4. The number of hydrogen-bond acceptors (Lipinski definition) is 3. The molecule has 1 heterocycles. The van der Waals surface area contributed by atoms with Crippen molar-refractivity contribution in [1.29, 1.82) is 0 Å². The van der Waals surface area contributed by atoms with Crippen molar-refractivity contribution < 1.29 is 14.4 Å². The van der Waals surface area contributed by atoms with Crippen LogP contribution in [-0.2, 0) is 14.4 Å². The number of carbonyl (C=O) groups excluding carboxylic acids is 3. The van der Waals surface area contributed by atoms with E-state index in [1.54, 1.807) is 0 Å². The number of Topliss-reactive ketones (excluding diaryl/α,β-unsaturated/α-hetero) is 1. The van der Waals surface area contributed by atoms with Crippen LogP contribution in [0.25, 0.3) is 11.1 Å². The summed E-state index contributed by atoms with van der Waals surface area (Å²) >= 11 is 0. The first-order valence-electron chi connectivity index (χ1n) is 12.7. The summed E-state index contributed by atoms with van der Waals surface area (Å²) < 4.78 is 0. The highest BCUT2D eigenvalue weighted by molar-refractivity contribution is 6.34. The number of allylic oxidation sites excluding steroid dienone is 2. The smallest absolute Gasteiger partial charge is 0.239 e. The third-order valence-corrected chi connectivity index (χ3v) is 8.61. The molecule has 0 aromatic heterocycles. The Hall–Kier alpha value is -3.79. The summed E-state index contributed by atoms with van der Waals surface area (Å²) in [7, 11) is 0. The molecule has 2 aliphatic carbocycles. The highest BCUT2D eigenvalue weighted by Crippen LogP contribution is 2.74. The van der Waals surface area contributed by atoms with Gasteiger partial charge in [0, 0.05) is 0 Å². The Morgan fingerprint density at radius 2 is 1.25 bits per heavy atom. The molecule has 2 bridgehead atoms. The number of amides is 2. The molecule has 3 aromatic carbocycles. The molecule has 2 fully saturated rings. The van der Waals surface area contributed by atoms with Gasteiger partial charge in [-0.25, -0.2) is 4.90 Å². The van der Waals surface area contributed by atoms with Crippen molar-refractivity contribution in [3.8, 4) is 0 Å². The van der Waals surface area contributed by atoms with Gasteiger partial charge < -0.3 is 0 Å². The minimum Gasteiger partial charge on any atom is -0.298 e. The predicted molar refractivity (Wildman–Crippen MR) is 141 cm³/mol. The van der Waals surface area contributed by atoms with Gasteiger partial charge in [-0.2, -0.15) is 0 Å². The van der Waals surface area contributed by atoms with Crippen LogP contribution in [0, 0.1) is 29.6 Å². The minimum absolute atomic E-state index is 0.0230. The van der Waals surface area contributed by atoms with Gasteiger partial charge in [-0.3, -0.25) is 14.4 Å². The van der Waals surface area contributed by atoms with Crippen molar-refractivity contribution in [2.45, 2.75) is 33.6 Å². The van der Waals surface area contributed by atoms with Gasteiger partial charge in [0.05, 0.1) is 28.4 Å². The number of fused-ring (bicyclic) bond motifs is 5. The van der Waals surface area contributed by atoms with E-state index in [9.17, 15) is 14.4 Å². The van der Waals surface area contributed by atoms with Crippen LogP contribution in [-0.4, -0.2) is 17.6 Å². The van der Waals surface area contributed by atoms with Crippen LogP contribution in [0.2, 0.25) is 0 Å². The molecule has 0 unspecified atom stereocenters. The third kappa shape index (κ3) is 2.67. The molecule has 4 heteroatoms.